The van der Waals surface area contributed by atoms with E-state index in [2.05, 4.69) is 26.3 Å². The molecule has 0 saturated carbocycles. The van der Waals surface area contributed by atoms with Crippen molar-refractivity contribution < 1.29 is 4.74 Å². The van der Waals surface area contributed by atoms with Crippen LogP contribution in [0.15, 0.2) is 99.1 Å². The second kappa shape index (κ2) is 8.11. The molecule has 23 heavy (non-hydrogen) atoms. The molecule has 2 atom stereocenters. The SMILES string of the molecule is C=CC(OC(C=C)C(=C)c1ccccc1)C(=C)c1ccccc1. The number of ether oxygens (including phenoxy) is 1. The van der Waals surface area contributed by atoms with Gasteiger partial charge in [0.25, 0.3) is 0 Å². The molecular weight excluding hydrogens is 280 g/mol. The molecule has 1 nitrogen and oxygen atoms in total. The van der Waals surface area contributed by atoms with Gasteiger partial charge in [0.05, 0.1) is 0 Å². The van der Waals surface area contributed by atoms with Gasteiger partial charge >= 0.3 is 0 Å². The molecule has 0 N–H and O–H groups in total. The van der Waals surface area contributed by atoms with E-state index >= 15 is 0 Å². The third-order valence-electron chi connectivity index (χ3n) is 3.70. The van der Waals surface area contributed by atoms with Gasteiger partial charge in [-0.3, -0.25) is 0 Å². The fraction of sp³-hybridized carbons (Fsp3) is 0.0909. The highest BCUT2D eigenvalue weighted by molar-refractivity contribution is 5.70. The lowest BCUT2D eigenvalue weighted by Gasteiger charge is -2.24. The topological polar surface area (TPSA) is 9.23 Å². The first-order valence-electron chi connectivity index (χ1n) is 7.56. The standard InChI is InChI=1S/C22H22O/c1-5-21(17(3)19-13-9-7-10-14-19)23-22(6-2)18(4)20-15-11-8-12-16-20/h5-16,21-22H,1-4H2. The van der Waals surface area contributed by atoms with Crippen LogP contribution in [0.4, 0.5) is 0 Å². The van der Waals surface area contributed by atoms with Crippen LogP contribution in [0.5, 0.6) is 0 Å². The lowest BCUT2D eigenvalue weighted by molar-refractivity contribution is 0.109. The normalized spacial score (nSPS) is 12.9. The van der Waals surface area contributed by atoms with Crippen LogP contribution < -0.4 is 0 Å². The van der Waals surface area contributed by atoms with Crippen molar-refractivity contribution in [2.24, 2.45) is 0 Å². The maximum absolute atomic E-state index is 6.15. The quantitative estimate of drug-likeness (QED) is 0.582. The van der Waals surface area contributed by atoms with Gasteiger partial charge in [0, 0.05) is 0 Å². The Hall–Kier alpha value is -2.64. The first-order valence-corrected chi connectivity index (χ1v) is 7.56. The van der Waals surface area contributed by atoms with Crippen LogP contribution in [0, 0.1) is 0 Å². The van der Waals surface area contributed by atoms with E-state index in [9.17, 15) is 0 Å². The molecule has 0 aliphatic heterocycles. The highest BCUT2D eigenvalue weighted by Crippen LogP contribution is 2.26. The Kier molecular flexibility index (Phi) is 5.90. The van der Waals surface area contributed by atoms with E-state index in [1.165, 1.54) is 0 Å². The molecule has 0 bridgehead atoms. The molecule has 0 radical (unpaired) electrons. The van der Waals surface area contributed by atoms with Gasteiger partial charge in [-0.15, -0.1) is 13.2 Å². The Balaban J connectivity index is 2.16. The van der Waals surface area contributed by atoms with Crippen LogP contribution in [0.2, 0.25) is 0 Å². The molecule has 116 valence electrons. The molecule has 0 aromatic heterocycles. The van der Waals surface area contributed by atoms with Gasteiger partial charge in [0.2, 0.25) is 0 Å². The van der Waals surface area contributed by atoms with Gasteiger partial charge in [0.1, 0.15) is 12.2 Å². The van der Waals surface area contributed by atoms with Crippen LogP contribution in [0.3, 0.4) is 0 Å². The smallest absolute Gasteiger partial charge is 0.102 e. The molecule has 2 aromatic carbocycles. The van der Waals surface area contributed by atoms with Crippen molar-refractivity contribution in [2.75, 3.05) is 0 Å². The number of benzene rings is 2. The molecule has 0 saturated heterocycles. The fourth-order valence-electron chi connectivity index (χ4n) is 2.35. The first-order chi connectivity index (χ1) is 11.2. The zero-order valence-electron chi connectivity index (χ0n) is 13.3. The summed E-state index contributed by atoms with van der Waals surface area (Å²) in [5.41, 5.74) is 3.80. The minimum Gasteiger partial charge on any atom is -0.357 e. The van der Waals surface area contributed by atoms with Crippen molar-refractivity contribution in [1.29, 1.82) is 0 Å². The van der Waals surface area contributed by atoms with E-state index in [-0.39, 0.29) is 12.2 Å². The van der Waals surface area contributed by atoms with Crippen LogP contribution in [-0.4, -0.2) is 12.2 Å². The summed E-state index contributed by atoms with van der Waals surface area (Å²) in [6, 6.07) is 19.9. The first kappa shape index (κ1) is 16.7. The minimum atomic E-state index is -0.305. The van der Waals surface area contributed by atoms with Gasteiger partial charge in [-0.1, -0.05) is 86.0 Å². The van der Waals surface area contributed by atoms with Crippen molar-refractivity contribution in [2.45, 2.75) is 12.2 Å². The van der Waals surface area contributed by atoms with Gasteiger partial charge in [0.15, 0.2) is 0 Å². The minimum absolute atomic E-state index is 0.305. The zero-order chi connectivity index (χ0) is 16.7. The average Bonchev–Trinajstić information content (AvgIpc) is 2.63. The summed E-state index contributed by atoms with van der Waals surface area (Å²) >= 11 is 0. The van der Waals surface area contributed by atoms with E-state index in [0.717, 1.165) is 22.3 Å². The van der Waals surface area contributed by atoms with E-state index < -0.39 is 0 Å². The van der Waals surface area contributed by atoms with Gasteiger partial charge in [-0.2, -0.15) is 0 Å². The summed E-state index contributed by atoms with van der Waals surface area (Å²) in [4.78, 5) is 0. The summed E-state index contributed by atoms with van der Waals surface area (Å²) in [7, 11) is 0. The van der Waals surface area contributed by atoms with Crippen molar-refractivity contribution in [3.05, 3.63) is 110 Å². The zero-order valence-corrected chi connectivity index (χ0v) is 13.3. The Labute approximate surface area is 138 Å². The summed E-state index contributed by atoms with van der Waals surface area (Å²) in [5.74, 6) is 0. The summed E-state index contributed by atoms with van der Waals surface area (Å²) in [6.45, 7) is 16.1. The Morgan fingerprint density at radius 3 is 1.35 bits per heavy atom. The maximum atomic E-state index is 6.15. The number of hydrogen-bond donors (Lipinski definition) is 0. The average molecular weight is 302 g/mol. The van der Waals surface area contributed by atoms with Gasteiger partial charge in [-0.25, -0.2) is 0 Å². The molecule has 0 fully saturated rings. The van der Waals surface area contributed by atoms with Crippen molar-refractivity contribution in [1.82, 2.24) is 0 Å². The van der Waals surface area contributed by atoms with Crippen molar-refractivity contribution in [3.63, 3.8) is 0 Å². The highest BCUT2D eigenvalue weighted by Gasteiger charge is 2.18. The molecular formula is C22H22O. The molecule has 0 aliphatic carbocycles. The fourth-order valence-corrected chi connectivity index (χ4v) is 2.35. The largest absolute Gasteiger partial charge is 0.357 e. The second-order valence-electron chi connectivity index (χ2n) is 5.23. The van der Waals surface area contributed by atoms with Crippen LogP contribution >= 0.6 is 0 Å². The molecule has 2 aromatic rings. The monoisotopic (exact) mass is 302 g/mol. The molecule has 1 heteroatoms. The third-order valence-corrected chi connectivity index (χ3v) is 3.70. The van der Waals surface area contributed by atoms with Crippen molar-refractivity contribution in [3.8, 4) is 0 Å². The Morgan fingerprint density at radius 1 is 0.696 bits per heavy atom. The van der Waals surface area contributed by atoms with E-state index in [0.29, 0.717) is 0 Å². The second-order valence-corrected chi connectivity index (χ2v) is 5.23. The predicted molar refractivity (Wildman–Crippen MR) is 100 cm³/mol. The lowest BCUT2D eigenvalue weighted by Crippen LogP contribution is -2.21. The Bertz CT molecular complexity index is 621. The van der Waals surface area contributed by atoms with Crippen LogP contribution in [-0.2, 0) is 4.74 Å². The predicted octanol–water partition coefficient (Wildman–Crippen LogP) is 5.54. The number of rotatable bonds is 8. The van der Waals surface area contributed by atoms with E-state index in [1.54, 1.807) is 12.2 Å². The third kappa shape index (κ3) is 4.18. The molecule has 2 unspecified atom stereocenters. The van der Waals surface area contributed by atoms with Crippen molar-refractivity contribution >= 4 is 11.1 Å². The Morgan fingerprint density at radius 2 is 1.04 bits per heavy atom. The summed E-state index contributed by atoms with van der Waals surface area (Å²) < 4.78 is 6.15. The highest BCUT2D eigenvalue weighted by atomic mass is 16.5. The summed E-state index contributed by atoms with van der Waals surface area (Å²) in [5, 5.41) is 0. The maximum Gasteiger partial charge on any atom is 0.102 e. The van der Waals surface area contributed by atoms with Crippen LogP contribution in [0.25, 0.3) is 11.1 Å². The lowest BCUT2D eigenvalue weighted by atomic mass is 10.00. The van der Waals surface area contributed by atoms with E-state index in [4.69, 9.17) is 4.74 Å². The molecule has 0 spiro atoms. The van der Waals surface area contributed by atoms with E-state index in [1.807, 2.05) is 60.7 Å². The molecule has 0 amide bonds. The van der Waals surface area contributed by atoms with Gasteiger partial charge < -0.3 is 4.74 Å². The molecule has 2 rings (SSSR count). The van der Waals surface area contributed by atoms with Gasteiger partial charge in [-0.05, 0) is 22.3 Å². The molecule has 0 aliphatic rings. The van der Waals surface area contributed by atoms with Crippen LogP contribution in [0.1, 0.15) is 11.1 Å². The number of hydrogen-bond acceptors (Lipinski definition) is 1. The molecule has 0 heterocycles. The summed E-state index contributed by atoms with van der Waals surface area (Å²) in [6.07, 6.45) is 2.90.